The molecule has 0 saturated heterocycles. The molecule has 0 radical (unpaired) electrons. The van der Waals surface area contributed by atoms with Gasteiger partial charge in [0.05, 0.1) is 11.7 Å². The lowest BCUT2D eigenvalue weighted by molar-refractivity contribution is 0.474. The molecule has 2 aromatic rings. The Morgan fingerprint density at radius 1 is 1.47 bits per heavy atom. The minimum atomic E-state index is 0.135. The van der Waals surface area contributed by atoms with Crippen LogP contribution in [-0.2, 0) is 6.42 Å². The lowest BCUT2D eigenvalue weighted by Gasteiger charge is -2.15. The van der Waals surface area contributed by atoms with Gasteiger partial charge in [-0.3, -0.25) is 0 Å². The molecule has 1 N–H and O–H groups in total. The molecular weight excluding hydrogens is 236 g/mol. The van der Waals surface area contributed by atoms with Gasteiger partial charge >= 0.3 is 0 Å². The molecule has 2 aromatic heterocycles. The third-order valence-electron chi connectivity index (χ3n) is 2.61. The summed E-state index contributed by atoms with van der Waals surface area (Å²) in [6, 6.07) is 0.453. The van der Waals surface area contributed by atoms with Crippen molar-refractivity contribution in [2.45, 2.75) is 32.4 Å². The van der Waals surface area contributed by atoms with Gasteiger partial charge in [-0.15, -0.1) is 5.10 Å². The standard InChI is InChI=1S/C10H16N6S/c1-7(2)16-10(12-6-13-16)4-8(11-3)9-5-17-15-14-9/h5-8,11H,4H2,1-3H3. The van der Waals surface area contributed by atoms with Crippen molar-refractivity contribution in [2.75, 3.05) is 7.05 Å². The predicted molar refractivity (Wildman–Crippen MR) is 65.8 cm³/mol. The van der Waals surface area contributed by atoms with Crippen molar-refractivity contribution < 1.29 is 0 Å². The predicted octanol–water partition coefficient (Wildman–Crippen LogP) is 1.21. The van der Waals surface area contributed by atoms with Crippen LogP contribution in [0, 0.1) is 0 Å². The molecule has 0 amide bonds. The first-order valence-corrected chi connectivity index (χ1v) is 6.38. The van der Waals surface area contributed by atoms with Crippen LogP contribution < -0.4 is 5.32 Å². The molecular formula is C10H16N6S. The van der Waals surface area contributed by atoms with E-state index in [1.807, 2.05) is 17.1 Å². The summed E-state index contributed by atoms with van der Waals surface area (Å²) >= 11 is 1.36. The van der Waals surface area contributed by atoms with Crippen LogP contribution in [-0.4, -0.2) is 31.4 Å². The Bertz CT molecular complexity index is 449. The molecule has 0 aliphatic carbocycles. The molecule has 0 fully saturated rings. The highest BCUT2D eigenvalue weighted by Crippen LogP contribution is 2.17. The Morgan fingerprint density at radius 2 is 2.29 bits per heavy atom. The number of hydrogen-bond acceptors (Lipinski definition) is 6. The van der Waals surface area contributed by atoms with E-state index in [0.717, 1.165) is 17.9 Å². The van der Waals surface area contributed by atoms with E-state index >= 15 is 0 Å². The van der Waals surface area contributed by atoms with Crippen LogP contribution in [0.2, 0.25) is 0 Å². The summed E-state index contributed by atoms with van der Waals surface area (Å²) in [5.41, 5.74) is 0.954. The Hall–Kier alpha value is -1.34. The van der Waals surface area contributed by atoms with Crippen molar-refractivity contribution in [1.29, 1.82) is 0 Å². The summed E-state index contributed by atoms with van der Waals surface area (Å²) < 4.78 is 5.82. The second-order valence-corrected chi connectivity index (χ2v) is 4.70. The van der Waals surface area contributed by atoms with Gasteiger partial charge in [0.15, 0.2) is 0 Å². The molecule has 0 saturated carbocycles. The summed E-state index contributed by atoms with van der Waals surface area (Å²) in [6.07, 6.45) is 2.36. The number of nitrogens with one attached hydrogen (secondary N) is 1. The van der Waals surface area contributed by atoms with E-state index in [-0.39, 0.29) is 6.04 Å². The van der Waals surface area contributed by atoms with Gasteiger partial charge in [0.1, 0.15) is 12.2 Å². The smallest absolute Gasteiger partial charge is 0.138 e. The van der Waals surface area contributed by atoms with Gasteiger partial charge in [0, 0.05) is 17.8 Å². The zero-order valence-electron chi connectivity index (χ0n) is 10.2. The number of nitrogens with zero attached hydrogens (tertiary/aromatic N) is 5. The second-order valence-electron chi connectivity index (χ2n) is 4.09. The van der Waals surface area contributed by atoms with Crippen LogP contribution in [0.3, 0.4) is 0 Å². The topological polar surface area (TPSA) is 68.5 Å². The van der Waals surface area contributed by atoms with Crippen LogP contribution in [0.5, 0.6) is 0 Å². The van der Waals surface area contributed by atoms with Gasteiger partial charge in [-0.2, -0.15) is 5.10 Å². The second kappa shape index (κ2) is 5.33. The van der Waals surface area contributed by atoms with Gasteiger partial charge in [0.25, 0.3) is 0 Å². The summed E-state index contributed by atoms with van der Waals surface area (Å²) in [5.74, 6) is 0.965. The average molecular weight is 252 g/mol. The molecule has 7 heteroatoms. The van der Waals surface area contributed by atoms with Gasteiger partial charge < -0.3 is 5.32 Å². The maximum Gasteiger partial charge on any atom is 0.138 e. The van der Waals surface area contributed by atoms with Crippen molar-refractivity contribution in [3.8, 4) is 0 Å². The van der Waals surface area contributed by atoms with E-state index < -0.39 is 0 Å². The van der Waals surface area contributed by atoms with Crippen LogP contribution in [0.1, 0.15) is 37.4 Å². The molecule has 2 rings (SSSR count). The Labute approximate surface area is 104 Å². The molecule has 0 aromatic carbocycles. The van der Waals surface area contributed by atoms with E-state index in [1.165, 1.54) is 11.5 Å². The lowest BCUT2D eigenvalue weighted by Crippen LogP contribution is -2.22. The molecule has 0 aliphatic rings. The summed E-state index contributed by atoms with van der Waals surface area (Å²) in [7, 11) is 1.92. The van der Waals surface area contributed by atoms with Crippen LogP contribution in [0.25, 0.3) is 0 Å². The highest BCUT2D eigenvalue weighted by Gasteiger charge is 2.17. The Balaban J connectivity index is 2.16. The molecule has 17 heavy (non-hydrogen) atoms. The van der Waals surface area contributed by atoms with Crippen molar-refractivity contribution in [3.05, 3.63) is 23.2 Å². The van der Waals surface area contributed by atoms with Gasteiger partial charge in [-0.05, 0) is 32.4 Å². The number of hydrogen-bond donors (Lipinski definition) is 1. The molecule has 0 spiro atoms. The Kier molecular flexibility index (Phi) is 3.80. The fourth-order valence-electron chi connectivity index (χ4n) is 1.71. The average Bonchev–Trinajstić information content (AvgIpc) is 2.96. The minimum Gasteiger partial charge on any atom is -0.311 e. The highest BCUT2D eigenvalue weighted by molar-refractivity contribution is 7.03. The fraction of sp³-hybridized carbons (Fsp3) is 0.600. The van der Waals surface area contributed by atoms with E-state index in [2.05, 4.69) is 38.8 Å². The summed E-state index contributed by atoms with van der Waals surface area (Å²) in [6.45, 7) is 4.19. The highest BCUT2D eigenvalue weighted by atomic mass is 32.1. The third-order valence-corrected chi connectivity index (χ3v) is 3.13. The SMILES string of the molecule is CNC(Cc1ncnn1C(C)C)c1csnn1. The first-order valence-electron chi connectivity index (χ1n) is 5.55. The molecule has 0 bridgehead atoms. The monoisotopic (exact) mass is 252 g/mol. The zero-order valence-corrected chi connectivity index (χ0v) is 11.0. The summed E-state index contributed by atoms with van der Waals surface area (Å²) in [4.78, 5) is 4.30. The maximum absolute atomic E-state index is 4.30. The molecule has 6 nitrogen and oxygen atoms in total. The number of aromatic nitrogens is 5. The van der Waals surface area contributed by atoms with Gasteiger partial charge in [0.2, 0.25) is 0 Å². The van der Waals surface area contributed by atoms with Crippen molar-refractivity contribution in [3.63, 3.8) is 0 Å². The number of rotatable bonds is 5. The van der Waals surface area contributed by atoms with Crippen LogP contribution >= 0.6 is 11.5 Å². The lowest BCUT2D eigenvalue weighted by atomic mass is 10.1. The molecule has 2 heterocycles. The third kappa shape index (κ3) is 2.67. The van der Waals surface area contributed by atoms with E-state index in [4.69, 9.17) is 0 Å². The van der Waals surface area contributed by atoms with E-state index in [0.29, 0.717) is 6.04 Å². The van der Waals surface area contributed by atoms with Crippen LogP contribution in [0.4, 0.5) is 0 Å². The van der Waals surface area contributed by atoms with E-state index in [1.54, 1.807) is 6.33 Å². The first-order chi connectivity index (χ1) is 8.22. The van der Waals surface area contributed by atoms with Gasteiger partial charge in [-0.1, -0.05) is 4.49 Å². The molecule has 1 unspecified atom stereocenters. The van der Waals surface area contributed by atoms with Crippen LogP contribution in [0.15, 0.2) is 11.7 Å². The molecule has 92 valence electrons. The maximum atomic E-state index is 4.30. The first kappa shape index (κ1) is 12.1. The van der Waals surface area contributed by atoms with Gasteiger partial charge in [-0.25, -0.2) is 9.67 Å². The fourth-order valence-corrected chi connectivity index (χ4v) is 2.22. The van der Waals surface area contributed by atoms with E-state index in [9.17, 15) is 0 Å². The quantitative estimate of drug-likeness (QED) is 0.866. The summed E-state index contributed by atoms with van der Waals surface area (Å²) in [5, 5.41) is 13.5. The molecule has 0 aliphatic heterocycles. The normalized spacial score (nSPS) is 13.2. The van der Waals surface area contributed by atoms with Crippen molar-refractivity contribution >= 4 is 11.5 Å². The largest absolute Gasteiger partial charge is 0.311 e. The zero-order chi connectivity index (χ0) is 12.3. The van der Waals surface area contributed by atoms with Crippen molar-refractivity contribution in [1.82, 2.24) is 29.7 Å². The Morgan fingerprint density at radius 3 is 2.88 bits per heavy atom. The van der Waals surface area contributed by atoms with Crippen molar-refractivity contribution in [2.24, 2.45) is 0 Å². The molecule has 1 atom stereocenters. The number of likely N-dealkylation sites (N-methyl/N-ethyl adjacent to an activating group) is 1. The minimum absolute atomic E-state index is 0.135.